The van der Waals surface area contributed by atoms with Gasteiger partial charge in [0.2, 0.25) is 0 Å². The van der Waals surface area contributed by atoms with Gasteiger partial charge in [-0.1, -0.05) is 32.1 Å². The van der Waals surface area contributed by atoms with Gasteiger partial charge in [-0.2, -0.15) is 0 Å². The van der Waals surface area contributed by atoms with Crippen molar-refractivity contribution in [1.29, 1.82) is 0 Å². The molecule has 1 saturated carbocycles. The fourth-order valence-corrected chi connectivity index (χ4v) is 5.52. The van der Waals surface area contributed by atoms with Crippen LogP contribution in [0.15, 0.2) is 35.9 Å². The molecule has 1 heterocycles. The number of fused-ring (bicyclic) bond motifs is 1. The topological polar surface area (TPSA) is 35.9 Å². The summed E-state index contributed by atoms with van der Waals surface area (Å²) in [6.07, 6.45) is 5.51. The molecule has 5 rings (SSSR count). The van der Waals surface area contributed by atoms with E-state index in [4.69, 9.17) is 4.74 Å². The summed E-state index contributed by atoms with van der Waals surface area (Å²) < 4.78 is 19.0. The number of rotatable bonds is 8. The summed E-state index contributed by atoms with van der Waals surface area (Å²) in [5.41, 5.74) is 3.02. The molecule has 2 bridgehead atoms. The number of aliphatic hydroxyl groups is 1. The minimum Gasteiger partial charge on any atom is -0.389 e. The Balaban J connectivity index is 1.16. The van der Waals surface area contributed by atoms with Gasteiger partial charge in [-0.3, -0.25) is 9.80 Å². The van der Waals surface area contributed by atoms with Crippen molar-refractivity contribution in [2.75, 3.05) is 45.9 Å². The lowest BCUT2D eigenvalue weighted by Gasteiger charge is -2.56. The van der Waals surface area contributed by atoms with Crippen molar-refractivity contribution < 1.29 is 14.2 Å². The summed E-state index contributed by atoms with van der Waals surface area (Å²) >= 11 is 0. The Hall–Kier alpha value is -1.27. The number of allylic oxidation sites excluding steroid dienone is 1. The van der Waals surface area contributed by atoms with Crippen LogP contribution in [0.25, 0.3) is 0 Å². The van der Waals surface area contributed by atoms with E-state index < -0.39 is 6.10 Å². The highest BCUT2D eigenvalue weighted by Crippen LogP contribution is 2.59. The molecular weight excluding hydrogens is 379 g/mol. The normalized spacial score (nSPS) is 27.8. The van der Waals surface area contributed by atoms with Gasteiger partial charge in [0.1, 0.15) is 5.82 Å². The van der Waals surface area contributed by atoms with Crippen LogP contribution in [0.4, 0.5) is 4.39 Å². The lowest BCUT2D eigenvalue weighted by molar-refractivity contribution is -0.0260. The molecule has 30 heavy (non-hydrogen) atoms. The summed E-state index contributed by atoms with van der Waals surface area (Å²) in [5, 5.41) is 10.5. The molecule has 1 N–H and O–H groups in total. The molecule has 0 amide bonds. The SMILES string of the molecule is CC1(C)C2CC=C(COCC(O)CN3CCCN(Cc4ccc(F)cc4)CC3)C1C2. The molecule has 3 aliphatic carbocycles. The van der Waals surface area contributed by atoms with E-state index in [1.165, 1.54) is 30.5 Å². The Labute approximate surface area is 180 Å². The van der Waals surface area contributed by atoms with Gasteiger partial charge >= 0.3 is 0 Å². The van der Waals surface area contributed by atoms with Crippen molar-refractivity contribution in [3.63, 3.8) is 0 Å². The maximum absolute atomic E-state index is 13.1. The largest absolute Gasteiger partial charge is 0.389 e. The van der Waals surface area contributed by atoms with E-state index in [9.17, 15) is 9.50 Å². The van der Waals surface area contributed by atoms with Gasteiger partial charge in [0, 0.05) is 26.2 Å². The van der Waals surface area contributed by atoms with E-state index in [0.29, 0.717) is 31.1 Å². The van der Waals surface area contributed by atoms with Gasteiger partial charge < -0.3 is 9.84 Å². The molecule has 1 aromatic rings. The number of benzene rings is 1. The maximum Gasteiger partial charge on any atom is 0.123 e. The van der Waals surface area contributed by atoms with Crippen molar-refractivity contribution in [1.82, 2.24) is 9.80 Å². The van der Waals surface area contributed by atoms with Crippen molar-refractivity contribution in [2.24, 2.45) is 17.3 Å². The minimum atomic E-state index is -0.444. The second kappa shape index (κ2) is 9.47. The molecular formula is C25H37FN2O2. The van der Waals surface area contributed by atoms with E-state index in [0.717, 1.165) is 50.6 Å². The molecule has 5 heteroatoms. The molecule has 3 unspecified atom stereocenters. The van der Waals surface area contributed by atoms with E-state index >= 15 is 0 Å². The molecule has 0 spiro atoms. The first-order chi connectivity index (χ1) is 14.4. The maximum atomic E-state index is 13.1. The predicted octanol–water partition coefficient (Wildman–Crippen LogP) is 3.70. The quantitative estimate of drug-likeness (QED) is 0.656. The summed E-state index contributed by atoms with van der Waals surface area (Å²) in [7, 11) is 0. The summed E-state index contributed by atoms with van der Waals surface area (Å²) in [6, 6.07) is 6.80. The standard InChI is InChI=1S/C25H37FN2O2/c1-25(2)21-7-6-20(24(25)14-21)17-30-18-23(29)16-28-11-3-10-27(12-13-28)15-19-4-8-22(26)9-5-19/h4-6,8-9,21,23-24,29H,3,7,10-18H2,1-2H3. The Morgan fingerprint density at radius 3 is 2.60 bits per heavy atom. The van der Waals surface area contributed by atoms with Gasteiger partial charge in [-0.25, -0.2) is 4.39 Å². The average Bonchev–Trinajstić information content (AvgIpc) is 2.94. The van der Waals surface area contributed by atoms with Crippen LogP contribution in [0, 0.1) is 23.1 Å². The third kappa shape index (κ3) is 5.13. The Kier molecular flexibility index (Phi) is 6.93. The average molecular weight is 417 g/mol. The van der Waals surface area contributed by atoms with Crippen molar-refractivity contribution in [3.05, 3.63) is 47.3 Å². The minimum absolute atomic E-state index is 0.183. The smallest absolute Gasteiger partial charge is 0.123 e. The molecule has 2 fully saturated rings. The van der Waals surface area contributed by atoms with Crippen LogP contribution in [0.5, 0.6) is 0 Å². The number of nitrogens with zero attached hydrogens (tertiary/aromatic N) is 2. The Bertz CT molecular complexity index is 733. The van der Waals surface area contributed by atoms with E-state index in [2.05, 4.69) is 29.7 Å². The molecule has 1 saturated heterocycles. The summed E-state index contributed by atoms with van der Waals surface area (Å²) in [4.78, 5) is 4.76. The van der Waals surface area contributed by atoms with Crippen LogP contribution in [0.2, 0.25) is 0 Å². The Morgan fingerprint density at radius 1 is 1.13 bits per heavy atom. The first-order valence-corrected chi connectivity index (χ1v) is 11.6. The summed E-state index contributed by atoms with van der Waals surface area (Å²) in [6.45, 7) is 11.3. The molecule has 1 aliphatic heterocycles. The number of aliphatic hydroxyl groups excluding tert-OH is 1. The van der Waals surface area contributed by atoms with Crippen LogP contribution < -0.4 is 0 Å². The third-order valence-corrected chi connectivity index (χ3v) is 7.63. The van der Waals surface area contributed by atoms with E-state index in [1.807, 2.05) is 12.1 Å². The second-order valence-corrected chi connectivity index (χ2v) is 10.0. The number of β-amino-alcohol motifs (C(OH)–C–C–N with tert-alkyl or cyclic N) is 1. The van der Waals surface area contributed by atoms with Crippen LogP contribution >= 0.6 is 0 Å². The zero-order chi connectivity index (χ0) is 21.1. The predicted molar refractivity (Wildman–Crippen MR) is 118 cm³/mol. The second-order valence-electron chi connectivity index (χ2n) is 10.0. The zero-order valence-corrected chi connectivity index (χ0v) is 18.5. The van der Waals surface area contributed by atoms with Crippen molar-refractivity contribution >= 4 is 0 Å². The molecule has 3 atom stereocenters. The molecule has 1 aromatic carbocycles. The molecule has 4 nitrogen and oxygen atoms in total. The fraction of sp³-hybridized carbons (Fsp3) is 0.680. The number of halogens is 1. The van der Waals surface area contributed by atoms with E-state index in [1.54, 1.807) is 0 Å². The number of hydrogen-bond donors (Lipinski definition) is 1. The molecule has 4 aliphatic rings. The lowest BCUT2D eigenvalue weighted by Crippen LogP contribution is -2.48. The van der Waals surface area contributed by atoms with Crippen LogP contribution in [0.1, 0.15) is 38.7 Å². The lowest BCUT2D eigenvalue weighted by atomic mass is 9.49. The van der Waals surface area contributed by atoms with Crippen LogP contribution in [0.3, 0.4) is 0 Å². The van der Waals surface area contributed by atoms with Gasteiger partial charge in [-0.05, 0) is 72.9 Å². The summed E-state index contributed by atoms with van der Waals surface area (Å²) in [5.74, 6) is 1.34. The molecule has 0 aromatic heterocycles. The van der Waals surface area contributed by atoms with Gasteiger partial charge in [0.25, 0.3) is 0 Å². The van der Waals surface area contributed by atoms with Gasteiger partial charge in [-0.15, -0.1) is 0 Å². The fourth-order valence-electron chi connectivity index (χ4n) is 5.52. The highest BCUT2D eigenvalue weighted by molar-refractivity contribution is 5.23. The highest BCUT2D eigenvalue weighted by atomic mass is 19.1. The highest BCUT2D eigenvalue weighted by Gasteiger charge is 2.50. The third-order valence-electron chi connectivity index (χ3n) is 7.63. The van der Waals surface area contributed by atoms with Crippen molar-refractivity contribution in [2.45, 2.75) is 45.8 Å². The number of ether oxygens (including phenoxy) is 1. The van der Waals surface area contributed by atoms with Crippen molar-refractivity contribution in [3.8, 4) is 0 Å². The van der Waals surface area contributed by atoms with Crippen LogP contribution in [-0.2, 0) is 11.3 Å². The first-order valence-electron chi connectivity index (χ1n) is 11.6. The van der Waals surface area contributed by atoms with Gasteiger partial charge in [0.05, 0.1) is 19.3 Å². The van der Waals surface area contributed by atoms with E-state index in [-0.39, 0.29) is 5.82 Å². The Morgan fingerprint density at radius 2 is 1.87 bits per heavy atom. The molecule has 166 valence electrons. The zero-order valence-electron chi connectivity index (χ0n) is 18.5. The first kappa shape index (κ1) is 21.9. The number of hydrogen-bond acceptors (Lipinski definition) is 4. The molecule has 0 radical (unpaired) electrons. The monoisotopic (exact) mass is 416 g/mol. The van der Waals surface area contributed by atoms with Gasteiger partial charge in [0.15, 0.2) is 0 Å². The van der Waals surface area contributed by atoms with Crippen LogP contribution in [-0.4, -0.2) is 66.9 Å².